The van der Waals surface area contributed by atoms with Gasteiger partial charge in [-0.25, -0.2) is 9.50 Å². The number of thioether (sulfide) groups is 1. The second-order valence-corrected chi connectivity index (χ2v) is 7.67. The monoisotopic (exact) mass is 349 g/mol. The summed E-state index contributed by atoms with van der Waals surface area (Å²) in [5, 5.41) is 8.02. The molecule has 6 nitrogen and oxygen atoms in total. The number of amides is 1. The predicted octanol–water partition coefficient (Wildman–Crippen LogP) is 3.16. The lowest BCUT2D eigenvalue weighted by molar-refractivity contribution is -0.119. The van der Waals surface area contributed by atoms with E-state index in [-0.39, 0.29) is 11.9 Å². The highest BCUT2D eigenvalue weighted by atomic mass is 32.2. The molecule has 1 atom stereocenters. The lowest BCUT2D eigenvalue weighted by Crippen LogP contribution is -2.33. The largest absolute Gasteiger partial charge is 0.353 e. The van der Waals surface area contributed by atoms with E-state index < -0.39 is 0 Å². The van der Waals surface area contributed by atoms with E-state index in [0.29, 0.717) is 22.6 Å². The van der Waals surface area contributed by atoms with Crippen molar-refractivity contribution in [2.24, 2.45) is 5.92 Å². The van der Waals surface area contributed by atoms with Gasteiger partial charge in [-0.05, 0) is 39.2 Å². The van der Waals surface area contributed by atoms with E-state index in [1.807, 2.05) is 19.9 Å². The van der Waals surface area contributed by atoms with Crippen LogP contribution in [0.5, 0.6) is 0 Å². The first-order valence-electron chi connectivity index (χ1n) is 8.48. The Hall–Kier alpha value is -1.63. The number of rotatable bonds is 8. The van der Waals surface area contributed by atoms with Crippen molar-refractivity contribution < 1.29 is 4.79 Å². The Bertz CT molecular complexity index is 698. The number of hydrogen-bond acceptors (Lipinski definition) is 5. The molecule has 24 heavy (non-hydrogen) atoms. The molecule has 0 spiro atoms. The maximum absolute atomic E-state index is 12.1. The Labute approximate surface area is 147 Å². The Morgan fingerprint density at radius 3 is 2.71 bits per heavy atom. The topological polar surface area (TPSA) is 72.2 Å². The normalized spacial score (nSPS) is 12.8. The van der Waals surface area contributed by atoms with E-state index in [0.717, 1.165) is 24.2 Å². The summed E-state index contributed by atoms with van der Waals surface area (Å²) in [6, 6.07) is 2.17. The number of aromatic nitrogens is 4. The molecule has 0 radical (unpaired) electrons. The molecule has 0 aliphatic rings. The molecule has 0 aromatic carbocycles. The molecular formula is C17H27N5OS. The molecule has 1 N–H and O–H groups in total. The molecule has 2 rings (SSSR count). The molecule has 2 heterocycles. The van der Waals surface area contributed by atoms with E-state index in [2.05, 4.69) is 41.2 Å². The fourth-order valence-corrected chi connectivity index (χ4v) is 3.19. The summed E-state index contributed by atoms with van der Waals surface area (Å²) in [6.07, 6.45) is 3.36. The third-order valence-corrected chi connectivity index (χ3v) is 4.59. The van der Waals surface area contributed by atoms with Crippen LogP contribution < -0.4 is 5.32 Å². The van der Waals surface area contributed by atoms with Crippen molar-refractivity contribution in [1.82, 2.24) is 24.9 Å². The zero-order valence-corrected chi connectivity index (χ0v) is 16.0. The van der Waals surface area contributed by atoms with Gasteiger partial charge < -0.3 is 5.32 Å². The smallest absolute Gasteiger partial charge is 0.253 e. The highest BCUT2D eigenvalue weighted by Crippen LogP contribution is 2.15. The summed E-state index contributed by atoms with van der Waals surface area (Å²) in [5.74, 6) is 1.64. The fourth-order valence-electron chi connectivity index (χ4n) is 2.56. The van der Waals surface area contributed by atoms with Gasteiger partial charge in [0.1, 0.15) is 0 Å². The molecule has 7 heteroatoms. The molecule has 0 aliphatic heterocycles. The summed E-state index contributed by atoms with van der Waals surface area (Å²) >= 11 is 1.34. The third-order valence-electron chi connectivity index (χ3n) is 3.76. The van der Waals surface area contributed by atoms with E-state index in [4.69, 9.17) is 0 Å². The second-order valence-electron chi connectivity index (χ2n) is 6.73. The zero-order chi connectivity index (χ0) is 17.7. The third kappa shape index (κ3) is 5.47. The van der Waals surface area contributed by atoms with Crippen LogP contribution in [-0.4, -0.2) is 37.3 Å². The number of carbonyl (C=O) groups is 1. The van der Waals surface area contributed by atoms with Crippen LogP contribution in [0.3, 0.4) is 0 Å². The van der Waals surface area contributed by atoms with Gasteiger partial charge in [0.05, 0.1) is 5.75 Å². The van der Waals surface area contributed by atoms with Crippen LogP contribution in [0.1, 0.15) is 51.4 Å². The van der Waals surface area contributed by atoms with E-state index in [1.54, 1.807) is 4.52 Å². The van der Waals surface area contributed by atoms with Crippen LogP contribution in [0.4, 0.5) is 0 Å². The van der Waals surface area contributed by atoms with Crippen molar-refractivity contribution in [1.29, 1.82) is 0 Å². The molecule has 0 unspecified atom stereocenters. The van der Waals surface area contributed by atoms with Gasteiger partial charge in [-0.15, -0.1) is 5.10 Å². The molecule has 0 fully saturated rings. The Kier molecular flexibility index (Phi) is 6.60. The van der Waals surface area contributed by atoms with E-state index >= 15 is 0 Å². The summed E-state index contributed by atoms with van der Waals surface area (Å²) in [5.41, 5.74) is 1.90. The van der Waals surface area contributed by atoms with Crippen LogP contribution in [0, 0.1) is 19.8 Å². The average Bonchev–Trinajstić information content (AvgIpc) is 2.88. The Balaban J connectivity index is 1.82. The van der Waals surface area contributed by atoms with Crippen LogP contribution in [0.15, 0.2) is 11.2 Å². The van der Waals surface area contributed by atoms with Crippen molar-refractivity contribution in [2.45, 2.75) is 65.1 Å². The van der Waals surface area contributed by atoms with Crippen LogP contribution in [-0.2, 0) is 4.79 Å². The van der Waals surface area contributed by atoms with Crippen molar-refractivity contribution in [3.8, 4) is 0 Å². The molecule has 2 aromatic rings. The van der Waals surface area contributed by atoms with Gasteiger partial charge in [0.25, 0.3) is 5.78 Å². The first-order chi connectivity index (χ1) is 11.3. The van der Waals surface area contributed by atoms with Crippen molar-refractivity contribution in [2.75, 3.05) is 5.75 Å². The lowest BCUT2D eigenvalue weighted by Gasteiger charge is -2.14. The number of aryl methyl sites for hydroxylation is 2. The summed E-state index contributed by atoms with van der Waals surface area (Å²) in [7, 11) is 0. The zero-order valence-electron chi connectivity index (χ0n) is 15.2. The minimum Gasteiger partial charge on any atom is -0.353 e. The first-order valence-corrected chi connectivity index (χ1v) is 9.47. The summed E-state index contributed by atoms with van der Waals surface area (Å²) in [6.45, 7) is 10.4. The molecule has 132 valence electrons. The SMILES string of the molecule is Cc1cc(C)n2nc(SCC(=O)N[C@@H](C)CCCC(C)C)nc2n1. The average molecular weight is 350 g/mol. The lowest BCUT2D eigenvalue weighted by atomic mass is 10.0. The van der Waals surface area contributed by atoms with E-state index in [1.165, 1.54) is 18.2 Å². The molecule has 1 amide bonds. The molecule has 0 saturated heterocycles. The number of carbonyl (C=O) groups excluding carboxylic acids is 1. The molecule has 0 aliphatic carbocycles. The van der Waals surface area contributed by atoms with Gasteiger partial charge >= 0.3 is 0 Å². The molecular weight excluding hydrogens is 322 g/mol. The maximum Gasteiger partial charge on any atom is 0.253 e. The number of fused-ring (bicyclic) bond motifs is 1. The number of hydrogen-bond donors (Lipinski definition) is 1. The quantitative estimate of drug-likeness (QED) is 0.741. The van der Waals surface area contributed by atoms with Gasteiger partial charge in [-0.1, -0.05) is 38.5 Å². The van der Waals surface area contributed by atoms with Crippen molar-refractivity contribution in [3.05, 3.63) is 17.5 Å². The van der Waals surface area contributed by atoms with Crippen LogP contribution >= 0.6 is 11.8 Å². The molecule has 0 saturated carbocycles. The van der Waals surface area contributed by atoms with Gasteiger partial charge in [-0.3, -0.25) is 4.79 Å². The molecule has 2 aromatic heterocycles. The number of nitrogens with zero attached hydrogens (tertiary/aromatic N) is 4. The summed E-state index contributed by atoms with van der Waals surface area (Å²) in [4.78, 5) is 20.8. The van der Waals surface area contributed by atoms with Crippen LogP contribution in [0.2, 0.25) is 0 Å². The fraction of sp³-hybridized carbons (Fsp3) is 0.647. The minimum atomic E-state index is 0.0248. The highest BCUT2D eigenvalue weighted by Gasteiger charge is 2.12. The van der Waals surface area contributed by atoms with E-state index in [9.17, 15) is 4.79 Å². The highest BCUT2D eigenvalue weighted by molar-refractivity contribution is 7.99. The standard InChI is InChI=1S/C17H27N5OS/c1-11(2)7-6-8-12(3)18-15(23)10-24-17-20-16-19-13(4)9-14(5)22(16)21-17/h9,11-12H,6-8,10H2,1-5H3,(H,18,23)/t12-/m0/s1. The first kappa shape index (κ1) is 18.7. The van der Waals surface area contributed by atoms with Crippen LogP contribution in [0.25, 0.3) is 5.78 Å². The molecule has 0 bridgehead atoms. The predicted molar refractivity (Wildman–Crippen MR) is 97.3 cm³/mol. The van der Waals surface area contributed by atoms with Gasteiger partial charge in [0.2, 0.25) is 11.1 Å². The minimum absolute atomic E-state index is 0.0248. The maximum atomic E-state index is 12.1. The van der Waals surface area contributed by atoms with Crippen molar-refractivity contribution in [3.63, 3.8) is 0 Å². The van der Waals surface area contributed by atoms with Gasteiger partial charge in [0.15, 0.2) is 0 Å². The van der Waals surface area contributed by atoms with Gasteiger partial charge in [0, 0.05) is 17.4 Å². The Morgan fingerprint density at radius 1 is 1.25 bits per heavy atom. The number of nitrogens with one attached hydrogen (secondary N) is 1. The van der Waals surface area contributed by atoms with Gasteiger partial charge in [-0.2, -0.15) is 4.98 Å². The van der Waals surface area contributed by atoms with Crippen molar-refractivity contribution >= 4 is 23.4 Å². The second kappa shape index (κ2) is 8.46. The Morgan fingerprint density at radius 2 is 2.00 bits per heavy atom. The summed E-state index contributed by atoms with van der Waals surface area (Å²) < 4.78 is 1.71.